The van der Waals surface area contributed by atoms with Crippen LogP contribution in [0.25, 0.3) is 97.1 Å². The van der Waals surface area contributed by atoms with Crippen molar-refractivity contribution in [3.63, 3.8) is 0 Å². The normalized spacial score (nSPS) is 12.1. The van der Waals surface area contributed by atoms with Crippen molar-refractivity contribution < 1.29 is 0 Å². The van der Waals surface area contributed by atoms with Gasteiger partial charge >= 0.3 is 0 Å². The molecule has 0 saturated carbocycles. The van der Waals surface area contributed by atoms with Crippen molar-refractivity contribution in [2.45, 2.75) is 0 Å². The van der Waals surface area contributed by atoms with Crippen LogP contribution in [0.2, 0.25) is 0 Å². The van der Waals surface area contributed by atoms with Gasteiger partial charge in [0.05, 0.1) is 27.8 Å². The molecule has 0 aliphatic heterocycles. The van der Waals surface area contributed by atoms with E-state index in [0.717, 1.165) is 11.2 Å². The number of para-hydroxylation sites is 1. The van der Waals surface area contributed by atoms with Gasteiger partial charge in [-0.05, 0) is 59.0 Å². The molecule has 0 radical (unpaired) electrons. The summed E-state index contributed by atoms with van der Waals surface area (Å²) in [5.74, 6) is 0. The predicted octanol–water partition coefficient (Wildman–Crippen LogP) is 12.5. The number of rotatable bonds is 3. The van der Waals surface area contributed by atoms with Crippen molar-refractivity contribution in [3.8, 4) is 22.5 Å². The fraction of sp³-hybridized carbons (Fsp3) is 0. The molecule has 0 fully saturated rings. The third-order valence-electron chi connectivity index (χ3n) is 10.2. The monoisotopic (exact) mass is 641 g/mol. The first-order valence-electron chi connectivity index (χ1n) is 16.6. The lowest BCUT2D eigenvalue weighted by atomic mass is 10.0. The van der Waals surface area contributed by atoms with E-state index in [4.69, 9.17) is 0 Å². The van der Waals surface area contributed by atoms with E-state index >= 15 is 0 Å². The Hall–Kier alpha value is -6.23. The highest BCUT2D eigenvalue weighted by atomic mass is 32.1. The Bertz CT molecular complexity index is 3080. The smallest absolute Gasteiger partial charge is 0.0634 e. The van der Waals surface area contributed by atoms with Gasteiger partial charge in [0.15, 0.2) is 0 Å². The van der Waals surface area contributed by atoms with Crippen molar-refractivity contribution in [1.29, 1.82) is 0 Å². The first kappa shape index (κ1) is 26.8. The maximum atomic E-state index is 4.57. The van der Waals surface area contributed by atoms with E-state index in [0.29, 0.717) is 0 Å². The topological polar surface area (TPSA) is 22.8 Å². The molecule has 0 bridgehead atoms. The van der Waals surface area contributed by atoms with E-state index in [2.05, 4.69) is 166 Å². The van der Waals surface area contributed by atoms with Gasteiger partial charge in [-0.3, -0.25) is 4.98 Å². The van der Waals surface area contributed by atoms with Gasteiger partial charge in [0, 0.05) is 65.2 Å². The number of hydrogen-bond acceptors (Lipinski definition) is 2. The van der Waals surface area contributed by atoms with Crippen LogP contribution in [-0.2, 0) is 0 Å². The summed E-state index contributed by atoms with van der Waals surface area (Å²) in [5, 5.41) is 10.1. The first-order valence-corrected chi connectivity index (χ1v) is 17.4. The molecule has 3 nitrogen and oxygen atoms in total. The molecular formula is C45H27N3S. The summed E-state index contributed by atoms with van der Waals surface area (Å²) in [6.45, 7) is 0. The molecule has 0 unspecified atom stereocenters. The predicted molar refractivity (Wildman–Crippen MR) is 209 cm³/mol. The molecule has 0 aliphatic rings. The quantitative estimate of drug-likeness (QED) is 0.188. The molecule has 0 amide bonds. The molecule has 0 aliphatic carbocycles. The Morgan fingerprint density at radius 3 is 2.08 bits per heavy atom. The number of benzene rings is 7. The van der Waals surface area contributed by atoms with Crippen molar-refractivity contribution in [3.05, 3.63) is 164 Å². The molecule has 4 heteroatoms. The van der Waals surface area contributed by atoms with Gasteiger partial charge < -0.3 is 9.13 Å². The number of hydrogen-bond donors (Lipinski definition) is 0. The Kier molecular flexibility index (Phi) is 5.54. The number of pyridine rings is 1. The van der Waals surface area contributed by atoms with Crippen LogP contribution in [0.5, 0.6) is 0 Å². The molecule has 0 saturated heterocycles. The van der Waals surface area contributed by atoms with E-state index in [1.807, 2.05) is 23.7 Å². The first-order chi connectivity index (χ1) is 24.3. The van der Waals surface area contributed by atoms with Gasteiger partial charge in [-0.15, -0.1) is 11.3 Å². The van der Waals surface area contributed by atoms with Crippen LogP contribution in [0.3, 0.4) is 0 Å². The number of fused-ring (bicyclic) bond motifs is 12. The van der Waals surface area contributed by atoms with Gasteiger partial charge in [0.25, 0.3) is 0 Å². The average molecular weight is 642 g/mol. The minimum Gasteiger partial charge on any atom is -0.309 e. The van der Waals surface area contributed by atoms with E-state index in [-0.39, 0.29) is 0 Å². The van der Waals surface area contributed by atoms with Gasteiger partial charge in [-0.25, -0.2) is 0 Å². The van der Waals surface area contributed by atoms with E-state index in [1.54, 1.807) is 0 Å². The summed E-state index contributed by atoms with van der Waals surface area (Å²) >= 11 is 1.90. The van der Waals surface area contributed by atoms with E-state index < -0.39 is 0 Å². The van der Waals surface area contributed by atoms with Gasteiger partial charge in [-0.1, -0.05) is 109 Å². The molecule has 4 aromatic heterocycles. The average Bonchev–Trinajstić information content (AvgIpc) is 3.82. The molecular weight excluding hydrogens is 615 g/mol. The second-order valence-electron chi connectivity index (χ2n) is 12.8. The summed E-state index contributed by atoms with van der Waals surface area (Å²) < 4.78 is 7.52. The summed E-state index contributed by atoms with van der Waals surface area (Å²) in [4.78, 5) is 4.57. The van der Waals surface area contributed by atoms with Crippen LogP contribution in [0.1, 0.15) is 0 Å². The third kappa shape index (κ3) is 3.75. The third-order valence-corrected chi connectivity index (χ3v) is 11.4. The standard InChI is InChI=1S/C45H27N3S/c1-2-9-28(10-3-1)29-17-19-31(20-18-29)47-39-25-26-46-27-36(39)33-22-24-41-43(44(33)47)35-21-23-40-42(45(35)49-41)34-14-6-7-15-38(34)48(40)37-16-8-12-30-11-4-5-13-32(30)37/h1-27H. The van der Waals surface area contributed by atoms with Crippen LogP contribution >= 0.6 is 11.3 Å². The highest BCUT2D eigenvalue weighted by Crippen LogP contribution is 2.47. The molecule has 228 valence electrons. The van der Waals surface area contributed by atoms with Crippen LogP contribution in [0, 0.1) is 0 Å². The number of thiophene rings is 1. The number of aromatic nitrogens is 3. The lowest BCUT2D eigenvalue weighted by Crippen LogP contribution is -1.95. The highest BCUT2D eigenvalue weighted by molar-refractivity contribution is 7.27. The molecule has 0 N–H and O–H groups in total. The minimum atomic E-state index is 1.14. The van der Waals surface area contributed by atoms with Crippen molar-refractivity contribution in [2.24, 2.45) is 0 Å². The van der Waals surface area contributed by atoms with Crippen LogP contribution < -0.4 is 0 Å². The fourth-order valence-electron chi connectivity index (χ4n) is 8.08. The van der Waals surface area contributed by atoms with Gasteiger partial charge in [0.2, 0.25) is 0 Å². The zero-order valence-electron chi connectivity index (χ0n) is 26.3. The Morgan fingerprint density at radius 1 is 0.449 bits per heavy atom. The largest absolute Gasteiger partial charge is 0.309 e. The summed E-state index contributed by atoms with van der Waals surface area (Å²) in [7, 11) is 0. The second-order valence-corrected chi connectivity index (χ2v) is 13.8. The summed E-state index contributed by atoms with van der Waals surface area (Å²) in [5.41, 5.74) is 9.64. The SMILES string of the molecule is c1ccc(-c2ccc(-n3c4ccncc4c4ccc5sc6c(ccc7c6c6ccccc6n7-c6cccc7ccccc67)c5c43)cc2)cc1. The highest BCUT2D eigenvalue weighted by Gasteiger charge is 2.22. The maximum absolute atomic E-state index is 4.57. The fourth-order valence-corrected chi connectivity index (χ4v) is 9.35. The lowest BCUT2D eigenvalue weighted by Gasteiger charge is -2.11. The maximum Gasteiger partial charge on any atom is 0.0634 e. The van der Waals surface area contributed by atoms with Crippen LogP contribution in [0.4, 0.5) is 0 Å². The van der Waals surface area contributed by atoms with Gasteiger partial charge in [0.1, 0.15) is 0 Å². The van der Waals surface area contributed by atoms with E-state index in [9.17, 15) is 0 Å². The zero-order chi connectivity index (χ0) is 32.1. The van der Waals surface area contributed by atoms with Crippen molar-refractivity contribution in [1.82, 2.24) is 14.1 Å². The lowest BCUT2D eigenvalue weighted by molar-refractivity contribution is 1.18. The second kappa shape index (κ2) is 10.1. The Balaban J connectivity index is 1.24. The Labute approximate surface area is 285 Å². The van der Waals surface area contributed by atoms with Crippen LogP contribution in [0.15, 0.2) is 164 Å². The molecule has 7 aromatic carbocycles. The van der Waals surface area contributed by atoms with Crippen molar-refractivity contribution >= 4 is 85.9 Å². The zero-order valence-corrected chi connectivity index (χ0v) is 27.2. The molecule has 49 heavy (non-hydrogen) atoms. The van der Waals surface area contributed by atoms with Gasteiger partial charge in [-0.2, -0.15) is 0 Å². The minimum absolute atomic E-state index is 1.14. The van der Waals surface area contributed by atoms with Crippen molar-refractivity contribution in [2.75, 3.05) is 0 Å². The summed E-state index contributed by atoms with van der Waals surface area (Å²) in [6.07, 6.45) is 3.92. The van der Waals surface area contributed by atoms with E-state index in [1.165, 1.54) is 85.9 Å². The molecule has 11 rings (SSSR count). The Morgan fingerprint density at radius 2 is 1.18 bits per heavy atom. The van der Waals surface area contributed by atoms with Crippen LogP contribution in [-0.4, -0.2) is 14.1 Å². The molecule has 0 atom stereocenters. The molecule has 11 aromatic rings. The molecule has 4 heterocycles. The summed E-state index contributed by atoms with van der Waals surface area (Å²) in [6, 6.07) is 55.2. The molecule has 0 spiro atoms. The number of nitrogens with zero attached hydrogens (tertiary/aromatic N) is 3.